The first-order chi connectivity index (χ1) is 14.9. The molecule has 0 aliphatic carbocycles. The summed E-state index contributed by atoms with van der Waals surface area (Å²) in [5, 5.41) is 14.8. The lowest BCUT2D eigenvalue weighted by Gasteiger charge is -2.08. The lowest BCUT2D eigenvalue weighted by molar-refractivity contribution is -0.384. The highest BCUT2D eigenvalue weighted by Gasteiger charge is 2.16. The number of nitro groups is 1. The number of aromatic nitrogens is 1. The minimum absolute atomic E-state index is 0.0586. The van der Waals surface area contributed by atoms with Gasteiger partial charge in [0.2, 0.25) is 0 Å². The van der Waals surface area contributed by atoms with E-state index in [1.165, 1.54) is 24.3 Å². The molecule has 31 heavy (non-hydrogen) atoms. The maximum absolute atomic E-state index is 12.6. The van der Waals surface area contributed by atoms with Crippen LogP contribution < -0.4 is 10.1 Å². The number of nitrogens with zero attached hydrogens (tertiary/aromatic N) is 2. The molecular formula is C21H13BrClN3O5. The van der Waals surface area contributed by atoms with Gasteiger partial charge in [0.1, 0.15) is 18.1 Å². The first kappa shape index (κ1) is 20.8. The van der Waals surface area contributed by atoms with Crippen LogP contribution in [0.5, 0.6) is 5.75 Å². The predicted molar refractivity (Wildman–Crippen MR) is 119 cm³/mol. The smallest absolute Gasteiger partial charge is 0.291 e. The van der Waals surface area contributed by atoms with Gasteiger partial charge in [-0.1, -0.05) is 33.6 Å². The van der Waals surface area contributed by atoms with Crippen molar-refractivity contribution in [2.24, 2.45) is 0 Å². The second-order valence-corrected chi connectivity index (χ2v) is 7.64. The molecule has 0 fully saturated rings. The molecule has 10 heteroatoms. The number of hydrogen-bond acceptors (Lipinski definition) is 6. The van der Waals surface area contributed by atoms with Crippen LogP contribution in [0.3, 0.4) is 0 Å². The van der Waals surface area contributed by atoms with Gasteiger partial charge in [-0.05, 0) is 36.4 Å². The second-order valence-electron chi connectivity index (χ2n) is 6.38. The summed E-state index contributed by atoms with van der Waals surface area (Å²) in [6.07, 6.45) is 1.64. The van der Waals surface area contributed by atoms with Crippen molar-refractivity contribution in [1.29, 1.82) is 0 Å². The quantitative estimate of drug-likeness (QED) is 0.256. The molecule has 0 unspecified atom stereocenters. The van der Waals surface area contributed by atoms with E-state index in [-0.39, 0.29) is 28.8 Å². The van der Waals surface area contributed by atoms with Gasteiger partial charge in [0, 0.05) is 22.1 Å². The van der Waals surface area contributed by atoms with Crippen LogP contribution >= 0.6 is 27.5 Å². The Bertz CT molecular complexity index is 1310. The number of benzene rings is 2. The largest absolute Gasteiger partial charge is 0.484 e. The van der Waals surface area contributed by atoms with Gasteiger partial charge in [0.25, 0.3) is 11.6 Å². The number of non-ortho nitro benzene ring substituents is 1. The number of carbonyl (C=O) groups is 1. The molecule has 0 atom stereocenters. The Balaban J connectivity index is 1.47. The normalized spacial score (nSPS) is 10.8. The van der Waals surface area contributed by atoms with E-state index in [9.17, 15) is 14.9 Å². The third-order valence-corrected chi connectivity index (χ3v) is 5.35. The number of nitrogens with one attached hydrogen (secondary N) is 1. The van der Waals surface area contributed by atoms with Crippen LogP contribution in [0.2, 0.25) is 5.02 Å². The zero-order valence-electron chi connectivity index (χ0n) is 15.7. The van der Waals surface area contributed by atoms with Crippen LogP contribution in [0.4, 0.5) is 11.4 Å². The van der Waals surface area contributed by atoms with E-state index in [1.807, 2.05) is 18.2 Å². The van der Waals surface area contributed by atoms with Gasteiger partial charge in [-0.2, -0.15) is 0 Å². The zero-order valence-corrected chi connectivity index (χ0v) is 18.0. The van der Waals surface area contributed by atoms with Gasteiger partial charge >= 0.3 is 0 Å². The Morgan fingerprint density at radius 1 is 1.23 bits per heavy atom. The Kier molecular flexibility index (Phi) is 5.88. The maximum atomic E-state index is 12.6. The van der Waals surface area contributed by atoms with Crippen molar-refractivity contribution in [3.05, 3.63) is 91.9 Å². The number of amides is 1. The number of pyridine rings is 1. The third-order valence-electron chi connectivity index (χ3n) is 4.35. The molecular weight excluding hydrogens is 490 g/mol. The van der Waals surface area contributed by atoms with Gasteiger partial charge in [-0.25, -0.2) is 0 Å². The average Bonchev–Trinajstić information content (AvgIpc) is 3.24. The molecule has 4 rings (SSSR count). The van der Waals surface area contributed by atoms with Crippen molar-refractivity contribution in [3.8, 4) is 5.75 Å². The highest BCUT2D eigenvalue weighted by Crippen LogP contribution is 2.30. The molecule has 0 saturated heterocycles. The van der Waals surface area contributed by atoms with E-state index in [4.69, 9.17) is 20.8 Å². The molecule has 2 aromatic carbocycles. The SMILES string of the molecule is O=C(Nc1ccc(Br)c2cccnc12)c1ccc(COc2cc([N+](=O)[O-])ccc2Cl)o1. The van der Waals surface area contributed by atoms with Crippen molar-refractivity contribution >= 4 is 55.7 Å². The van der Waals surface area contributed by atoms with Crippen LogP contribution in [0.25, 0.3) is 10.9 Å². The maximum Gasteiger partial charge on any atom is 0.291 e. The van der Waals surface area contributed by atoms with E-state index in [1.54, 1.807) is 18.3 Å². The third kappa shape index (κ3) is 4.52. The average molecular weight is 503 g/mol. The Morgan fingerprint density at radius 2 is 2.06 bits per heavy atom. The van der Waals surface area contributed by atoms with Gasteiger partial charge in [-0.15, -0.1) is 0 Å². The summed E-state index contributed by atoms with van der Waals surface area (Å²) in [6, 6.07) is 14.3. The molecule has 156 valence electrons. The highest BCUT2D eigenvalue weighted by molar-refractivity contribution is 9.10. The van der Waals surface area contributed by atoms with Crippen LogP contribution in [0.1, 0.15) is 16.3 Å². The molecule has 0 aliphatic heterocycles. The molecule has 2 heterocycles. The van der Waals surface area contributed by atoms with Crippen LogP contribution in [0.15, 0.2) is 69.7 Å². The molecule has 0 aliphatic rings. The molecule has 1 N–H and O–H groups in total. The fraction of sp³-hybridized carbons (Fsp3) is 0.0476. The number of furan rings is 1. The predicted octanol–water partition coefficient (Wildman–Crippen LogP) is 5.98. The number of fused-ring (bicyclic) bond motifs is 1. The van der Waals surface area contributed by atoms with E-state index < -0.39 is 10.8 Å². The summed E-state index contributed by atoms with van der Waals surface area (Å²) >= 11 is 9.49. The van der Waals surface area contributed by atoms with Crippen molar-refractivity contribution in [2.45, 2.75) is 6.61 Å². The van der Waals surface area contributed by atoms with Gasteiger partial charge in [-0.3, -0.25) is 19.9 Å². The minimum Gasteiger partial charge on any atom is -0.484 e. The number of rotatable bonds is 6. The molecule has 0 saturated carbocycles. The number of hydrogen-bond donors (Lipinski definition) is 1. The molecule has 0 bridgehead atoms. The summed E-state index contributed by atoms with van der Waals surface area (Å²) in [5.41, 5.74) is 1.04. The summed E-state index contributed by atoms with van der Waals surface area (Å²) < 4.78 is 11.9. The van der Waals surface area contributed by atoms with Crippen LogP contribution in [0, 0.1) is 10.1 Å². The van der Waals surface area contributed by atoms with E-state index in [0.717, 1.165) is 9.86 Å². The zero-order chi connectivity index (χ0) is 22.0. The molecule has 0 spiro atoms. The fourth-order valence-electron chi connectivity index (χ4n) is 2.87. The van der Waals surface area contributed by atoms with Crippen molar-refractivity contribution in [2.75, 3.05) is 5.32 Å². The lowest BCUT2D eigenvalue weighted by atomic mass is 10.2. The number of halogens is 2. The first-order valence-corrected chi connectivity index (χ1v) is 10.1. The topological polar surface area (TPSA) is 108 Å². The number of nitro benzene ring substituents is 1. The lowest BCUT2D eigenvalue weighted by Crippen LogP contribution is -2.11. The van der Waals surface area contributed by atoms with E-state index in [2.05, 4.69) is 26.2 Å². The number of carbonyl (C=O) groups excluding carboxylic acids is 1. The van der Waals surface area contributed by atoms with Crippen LogP contribution in [-0.2, 0) is 6.61 Å². The Morgan fingerprint density at radius 3 is 2.87 bits per heavy atom. The summed E-state index contributed by atoms with van der Waals surface area (Å²) in [5.74, 6) is 0.127. The number of ether oxygens (including phenoxy) is 1. The van der Waals surface area contributed by atoms with E-state index in [0.29, 0.717) is 17.0 Å². The van der Waals surface area contributed by atoms with Crippen molar-refractivity contribution in [1.82, 2.24) is 4.98 Å². The molecule has 1 amide bonds. The Hall–Kier alpha value is -3.43. The van der Waals surface area contributed by atoms with Gasteiger partial charge < -0.3 is 14.5 Å². The first-order valence-electron chi connectivity index (χ1n) is 8.92. The summed E-state index contributed by atoms with van der Waals surface area (Å²) in [6.45, 7) is -0.0586. The molecule has 0 radical (unpaired) electrons. The molecule has 8 nitrogen and oxygen atoms in total. The Labute approximate surface area is 189 Å². The van der Waals surface area contributed by atoms with E-state index >= 15 is 0 Å². The van der Waals surface area contributed by atoms with Crippen molar-refractivity contribution < 1.29 is 18.9 Å². The van der Waals surface area contributed by atoms with Gasteiger partial charge in [0.15, 0.2) is 5.76 Å². The summed E-state index contributed by atoms with van der Waals surface area (Å²) in [7, 11) is 0. The molecule has 2 aromatic heterocycles. The highest BCUT2D eigenvalue weighted by atomic mass is 79.9. The molecule has 4 aromatic rings. The fourth-order valence-corrected chi connectivity index (χ4v) is 3.49. The monoisotopic (exact) mass is 501 g/mol. The number of anilines is 1. The summed E-state index contributed by atoms with van der Waals surface area (Å²) in [4.78, 5) is 27.3. The van der Waals surface area contributed by atoms with Crippen LogP contribution in [-0.4, -0.2) is 15.8 Å². The second kappa shape index (κ2) is 8.75. The van der Waals surface area contributed by atoms with Gasteiger partial charge in [0.05, 0.1) is 27.2 Å². The van der Waals surface area contributed by atoms with Crippen molar-refractivity contribution in [3.63, 3.8) is 0 Å². The minimum atomic E-state index is -0.542. The standard InChI is InChI=1S/C21H13BrClN3O5/c22-15-5-7-17(20-14(15)2-1-9-24-20)25-21(27)18-8-4-13(31-18)11-30-19-10-12(26(28)29)3-6-16(19)23/h1-10H,11H2,(H,25,27).